The van der Waals surface area contributed by atoms with E-state index in [9.17, 15) is 9.59 Å². The molecule has 1 aliphatic rings. The minimum Gasteiger partial charge on any atom is -0.462 e. The number of nitrogens with zero attached hydrogens (tertiary/aromatic N) is 3. The van der Waals surface area contributed by atoms with Crippen LogP contribution in [0, 0.1) is 6.92 Å². The van der Waals surface area contributed by atoms with Gasteiger partial charge < -0.3 is 15.0 Å². The Kier molecular flexibility index (Phi) is 7.03. The maximum absolute atomic E-state index is 12.4. The van der Waals surface area contributed by atoms with Gasteiger partial charge in [0.25, 0.3) is 0 Å². The molecule has 0 aromatic carbocycles. The zero-order valence-electron chi connectivity index (χ0n) is 15.9. The summed E-state index contributed by atoms with van der Waals surface area (Å²) in [5.41, 5.74) is 0.814. The highest BCUT2D eigenvalue weighted by Gasteiger charge is 2.21. The number of hydrogen-bond donors (Lipinski definition) is 1. The fourth-order valence-corrected chi connectivity index (χ4v) is 4.23. The number of hydrogen-bond acceptors (Lipinski definition) is 7. The lowest BCUT2D eigenvalue weighted by atomic mass is 10.3. The topological polar surface area (TPSA) is 74.8 Å². The average Bonchev–Trinajstić information content (AvgIpc) is 3.03. The van der Waals surface area contributed by atoms with Crippen molar-refractivity contribution in [3.05, 3.63) is 39.3 Å². The Morgan fingerprint density at radius 3 is 2.68 bits per heavy atom. The second-order valence-corrected chi connectivity index (χ2v) is 8.46. The number of carbonyl (C=O) groups is 2. The molecule has 9 heteroatoms. The second-order valence-electron chi connectivity index (χ2n) is 6.49. The summed E-state index contributed by atoms with van der Waals surface area (Å²) in [5, 5.41) is 3.57. The van der Waals surface area contributed by atoms with Crippen LogP contribution in [0.15, 0.2) is 28.9 Å². The summed E-state index contributed by atoms with van der Waals surface area (Å²) in [7, 11) is 0. The number of aryl methyl sites for hydroxylation is 1. The zero-order valence-corrected chi connectivity index (χ0v) is 18.3. The van der Waals surface area contributed by atoms with Gasteiger partial charge in [-0.1, -0.05) is 0 Å². The number of carbonyl (C=O) groups excluding carboxylic acids is 2. The molecule has 1 N–H and O–H groups in total. The number of pyridine rings is 1. The van der Waals surface area contributed by atoms with Crippen LogP contribution in [0.5, 0.6) is 0 Å². The maximum atomic E-state index is 12.4. The molecule has 0 saturated carbocycles. The van der Waals surface area contributed by atoms with E-state index in [1.807, 2.05) is 25.1 Å². The zero-order chi connectivity index (χ0) is 20.1. The van der Waals surface area contributed by atoms with Crippen LogP contribution >= 0.6 is 27.3 Å². The number of thiophene rings is 1. The molecule has 1 saturated heterocycles. The molecule has 28 heavy (non-hydrogen) atoms. The van der Waals surface area contributed by atoms with Crippen molar-refractivity contribution < 1.29 is 14.3 Å². The minimum atomic E-state index is -0.344. The number of amides is 1. The molecule has 2 aromatic heterocycles. The number of aromatic nitrogens is 1. The molecule has 3 rings (SSSR count). The van der Waals surface area contributed by atoms with E-state index in [0.717, 1.165) is 42.0 Å². The Morgan fingerprint density at radius 1 is 1.29 bits per heavy atom. The molecule has 0 radical (unpaired) electrons. The molecule has 0 unspecified atom stereocenters. The van der Waals surface area contributed by atoms with Gasteiger partial charge in [-0.15, -0.1) is 11.3 Å². The van der Waals surface area contributed by atoms with Crippen LogP contribution < -0.4 is 10.2 Å². The maximum Gasteiger partial charge on any atom is 0.348 e. The van der Waals surface area contributed by atoms with Crippen molar-refractivity contribution in [3.8, 4) is 0 Å². The van der Waals surface area contributed by atoms with Crippen LogP contribution in [0.2, 0.25) is 0 Å². The van der Waals surface area contributed by atoms with Gasteiger partial charge in [0.05, 0.1) is 18.2 Å². The predicted molar refractivity (Wildman–Crippen MR) is 114 cm³/mol. The van der Waals surface area contributed by atoms with Crippen molar-refractivity contribution in [1.82, 2.24) is 9.88 Å². The molecule has 0 bridgehead atoms. The van der Waals surface area contributed by atoms with E-state index in [-0.39, 0.29) is 11.9 Å². The molecular weight excluding hydrogens is 444 g/mol. The van der Waals surface area contributed by atoms with Gasteiger partial charge >= 0.3 is 5.97 Å². The lowest BCUT2D eigenvalue weighted by molar-refractivity contribution is -0.117. The molecule has 3 heterocycles. The van der Waals surface area contributed by atoms with Crippen molar-refractivity contribution in [2.75, 3.05) is 49.5 Å². The standard InChI is InChI=1S/C19H23BrN4O3S/c1-3-27-19(26)18-13(2)10-17(28-18)22-16(25)12-23-6-8-24(9-7-23)15-5-4-14(20)11-21-15/h4-5,10-11H,3,6-9,12H2,1-2H3,(H,22,25). The Labute approximate surface area is 176 Å². The van der Waals surface area contributed by atoms with Crippen molar-refractivity contribution in [3.63, 3.8) is 0 Å². The smallest absolute Gasteiger partial charge is 0.348 e. The number of ether oxygens (including phenoxy) is 1. The molecule has 0 aliphatic carbocycles. The number of anilines is 2. The van der Waals surface area contributed by atoms with Crippen LogP contribution in [0.4, 0.5) is 10.8 Å². The van der Waals surface area contributed by atoms with Gasteiger partial charge in [0.1, 0.15) is 10.7 Å². The van der Waals surface area contributed by atoms with Gasteiger partial charge in [0.15, 0.2) is 0 Å². The molecular formula is C19H23BrN4O3S. The van der Waals surface area contributed by atoms with Gasteiger partial charge in [-0.2, -0.15) is 0 Å². The number of rotatable bonds is 6. The first-order valence-corrected chi connectivity index (χ1v) is 10.7. The summed E-state index contributed by atoms with van der Waals surface area (Å²) in [4.78, 5) is 33.6. The first kappa shape index (κ1) is 20.8. The van der Waals surface area contributed by atoms with Gasteiger partial charge in [0, 0.05) is 36.8 Å². The third-order valence-electron chi connectivity index (χ3n) is 4.42. The second kappa shape index (κ2) is 9.49. The Balaban J connectivity index is 1.49. The molecule has 1 fully saturated rings. The largest absolute Gasteiger partial charge is 0.462 e. The first-order chi connectivity index (χ1) is 13.5. The number of halogens is 1. The summed E-state index contributed by atoms with van der Waals surface area (Å²) >= 11 is 4.65. The van der Waals surface area contributed by atoms with Crippen LogP contribution in [0.1, 0.15) is 22.2 Å². The normalized spacial score (nSPS) is 14.8. The van der Waals surface area contributed by atoms with Crippen LogP contribution in [0.3, 0.4) is 0 Å². The fourth-order valence-electron chi connectivity index (χ4n) is 3.01. The van der Waals surface area contributed by atoms with Crippen LogP contribution in [0.25, 0.3) is 0 Å². The van der Waals surface area contributed by atoms with Gasteiger partial charge in [-0.05, 0) is 53.5 Å². The fraction of sp³-hybridized carbons (Fsp3) is 0.421. The van der Waals surface area contributed by atoms with E-state index in [4.69, 9.17) is 4.74 Å². The predicted octanol–water partition coefficient (Wildman–Crippen LogP) is 3.15. The molecule has 7 nitrogen and oxygen atoms in total. The molecule has 1 aliphatic heterocycles. The van der Waals surface area contributed by atoms with Crippen molar-refractivity contribution in [1.29, 1.82) is 0 Å². The lowest BCUT2D eigenvalue weighted by Crippen LogP contribution is -2.48. The number of esters is 1. The summed E-state index contributed by atoms with van der Waals surface area (Å²) in [6.45, 7) is 7.52. The summed E-state index contributed by atoms with van der Waals surface area (Å²) < 4.78 is 6.00. The van der Waals surface area contributed by atoms with Crippen molar-refractivity contribution >= 4 is 50.0 Å². The third kappa shape index (κ3) is 5.30. The highest BCUT2D eigenvalue weighted by Crippen LogP contribution is 2.27. The van der Waals surface area contributed by atoms with E-state index in [1.165, 1.54) is 11.3 Å². The third-order valence-corrected chi connectivity index (χ3v) is 6.02. The summed E-state index contributed by atoms with van der Waals surface area (Å²) in [6, 6.07) is 5.79. The molecule has 1 amide bonds. The van der Waals surface area contributed by atoms with Crippen molar-refractivity contribution in [2.24, 2.45) is 0 Å². The Hall–Kier alpha value is -1.97. The van der Waals surface area contributed by atoms with Gasteiger partial charge in [-0.25, -0.2) is 9.78 Å². The summed E-state index contributed by atoms with van der Waals surface area (Å²) in [6.07, 6.45) is 1.79. The monoisotopic (exact) mass is 466 g/mol. The van der Waals surface area contributed by atoms with E-state index < -0.39 is 0 Å². The minimum absolute atomic E-state index is 0.0770. The molecule has 2 aromatic rings. The van der Waals surface area contributed by atoms with Gasteiger partial charge in [-0.3, -0.25) is 9.69 Å². The van der Waals surface area contributed by atoms with E-state index >= 15 is 0 Å². The van der Waals surface area contributed by atoms with E-state index in [2.05, 4.69) is 36.0 Å². The van der Waals surface area contributed by atoms with E-state index in [1.54, 1.807) is 13.1 Å². The summed E-state index contributed by atoms with van der Waals surface area (Å²) in [5.74, 6) is 0.530. The lowest BCUT2D eigenvalue weighted by Gasteiger charge is -2.34. The number of piperazine rings is 1. The highest BCUT2D eigenvalue weighted by molar-refractivity contribution is 9.10. The SMILES string of the molecule is CCOC(=O)c1sc(NC(=O)CN2CCN(c3ccc(Br)cn3)CC2)cc1C. The van der Waals surface area contributed by atoms with Crippen LogP contribution in [-0.4, -0.2) is 61.1 Å². The molecule has 150 valence electrons. The quantitative estimate of drug-likeness (QED) is 0.659. The van der Waals surface area contributed by atoms with Crippen LogP contribution in [-0.2, 0) is 9.53 Å². The molecule has 0 atom stereocenters. The first-order valence-electron chi connectivity index (χ1n) is 9.12. The molecule has 0 spiro atoms. The van der Waals surface area contributed by atoms with Crippen molar-refractivity contribution in [2.45, 2.75) is 13.8 Å². The Morgan fingerprint density at radius 2 is 2.04 bits per heavy atom. The van der Waals surface area contributed by atoms with E-state index in [0.29, 0.717) is 23.0 Å². The average molecular weight is 467 g/mol. The highest BCUT2D eigenvalue weighted by atomic mass is 79.9. The Bertz CT molecular complexity index is 832. The number of nitrogens with one attached hydrogen (secondary N) is 1. The van der Waals surface area contributed by atoms with Gasteiger partial charge in [0.2, 0.25) is 5.91 Å².